The van der Waals surface area contributed by atoms with E-state index in [1.807, 2.05) is 40.7 Å². The third kappa shape index (κ3) is 2.31. The van der Waals surface area contributed by atoms with Crippen LogP contribution < -0.4 is 0 Å². The maximum Gasteiger partial charge on any atom is 0.177 e. The van der Waals surface area contributed by atoms with Crippen molar-refractivity contribution in [2.75, 3.05) is 0 Å². The molecule has 4 rings (SSSR count). The predicted molar refractivity (Wildman–Crippen MR) is 94.2 cm³/mol. The number of benzene rings is 1. The Labute approximate surface area is 140 Å². The van der Waals surface area contributed by atoms with Gasteiger partial charge in [-0.2, -0.15) is 10.2 Å². The zero-order valence-corrected chi connectivity index (χ0v) is 14.1. The van der Waals surface area contributed by atoms with Crippen molar-refractivity contribution in [3.63, 3.8) is 0 Å². The van der Waals surface area contributed by atoms with Crippen LogP contribution in [-0.4, -0.2) is 29.5 Å². The van der Waals surface area contributed by atoms with Gasteiger partial charge in [0.25, 0.3) is 0 Å². The first-order valence-corrected chi connectivity index (χ1v) is 8.22. The highest BCUT2D eigenvalue weighted by Gasteiger charge is 2.17. The van der Waals surface area contributed by atoms with Crippen molar-refractivity contribution in [3.05, 3.63) is 48.4 Å². The molecule has 0 aliphatic carbocycles. The van der Waals surface area contributed by atoms with Gasteiger partial charge in [-0.25, -0.2) is 14.3 Å². The van der Waals surface area contributed by atoms with Gasteiger partial charge in [0.2, 0.25) is 0 Å². The summed E-state index contributed by atoms with van der Waals surface area (Å²) in [7, 11) is 0. The zero-order chi connectivity index (χ0) is 16.7. The number of H-pyrrole nitrogens is 1. The van der Waals surface area contributed by atoms with E-state index in [9.17, 15) is 0 Å². The molecule has 0 fully saturated rings. The second-order valence-electron chi connectivity index (χ2n) is 6.07. The second kappa shape index (κ2) is 5.63. The number of nitrogens with one attached hydrogen (secondary N) is 1. The molecule has 1 aromatic carbocycles. The molecule has 1 unspecified atom stereocenters. The zero-order valence-electron chi connectivity index (χ0n) is 14.1. The number of aromatic nitrogens is 6. The van der Waals surface area contributed by atoms with Gasteiger partial charge >= 0.3 is 0 Å². The van der Waals surface area contributed by atoms with Crippen LogP contribution in [-0.2, 0) is 0 Å². The van der Waals surface area contributed by atoms with Gasteiger partial charge in [-0.3, -0.25) is 0 Å². The molecule has 0 bridgehead atoms. The molecule has 122 valence electrons. The molecule has 0 radical (unpaired) electrons. The number of hydrogen-bond donors (Lipinski definition) is 1. The van der Waals surface area contributed by atoms with E-state index in [1.54, 1.807) is 6.20 Å². The molecular formula is C18H20N6. The molecule has 3 aromatic heterocycles. The van der Waals surface area contributed by atoms with Crippen LogP contribution in [0.1, 0.15) is 32.0 Å². The Kier molecular flexibility index (Phi) is 3.45. The summed E-state index contributed by atoms with van der Waals surface area (Å²) in [6, 6.07) is 10.4. The normalized spacial score (nSPS) is 12.8. The average Bonchev–Trinajstić information content (AvgIpc) is 3.32. The van der Waals surface area contributed by atoms with Gasteiger partial charge in [-0.1, -0.05) is 19.1 Å². The minimum absolute atomic E-state index is 0.327. The third-order valence-electron chi connectivity index (χ3n) is 4.42. The molecule has 24 heavy (non-hydrogen) atoms. The first-order chi connectivity index (χ1) is 11.7. The molecule has 4 aromatic rings. The van der Waals surface area contributed by atoms with Gasteiger partial charge in [-0.05, 0) is 38.5 Å². The molecule has 0 saturated carbocycles. The van der Waals surface area contributed by atoms with E-state index in [4.69, 9.17) is 4.98 Å². The second-order valence-corrected chi connectivity index (χ2v) is 6.07. The first kappa shape index (κ1) is 14.7. The lowest BCUT2D eigenvalue weighted by molar-refractivity contribution is 0.487. The highest BCUT2D eigenvalue weighted by atomic mass is 15.3. The minimum atomic E-state index is 0.327. The Morgan fingerprint density at radius 3 is 2.88 bits per heavy atom. The van der Waals surface area contributed by atoms with E-state index in [0.29, 0.717) is 6.04 Å². The Balaban J connectivity index is 1.81. The summed E-state index contributed by atoms with van der Waals surface area (Å²) in [5.41, 5.74) is 4.95. The Morgan fingerprint density at radius 1 is 1.25 bits per heavy atom. The third-order valence-corrected chi connectivity index (χ3v) is 4.42. The number of aryl methyl sites for hydroxylation is 1. The monoisotopic (exact) mass is 320 g/mol. The lowest BCUT2D eigenvalue weighted by atomic mass is 10.2. The van der Waals surface area contributed by atoms with Crippen LogP contribution in [0.25, 0.3) is 28.2 Å². The van der Waals surface area contributed by atoms with Crippen LogP contribution in [0.15, 0.2) is 42.7 Å². The van der Waals surface area contributed by atoms with E-state index in [0.717, 1.165) is 40.4 Å². The largest absolute Gasteiger partial charge is 0.335 e. The summed E-state index contributed by atoms with van der Waals surface area (Å²) in [5, 5.41) is 8.91. The van der Waals surface area contributed by atoms with Crippen molar-refractivity contribution in [1.29, 1.82) is 0 Å². The fourth-order valence-electron chi connectivity index (χ4n) is 2.88. The van der Waals surface area contributed by atoms with Gasteiger partial charge in [0.05, 0.1) is 17.4 Å². The van der Waals surface area contributed by atoms with Crippen molar-refractivity contribution in [3.8, 4) is 17.1 Å². The number of nitrogens with zero attached hydrogens (tertiary/aromatic N) is 5. The van der Waals surface area contributed by atoms with E-state index in [2.05, 4.69) is 41.2 Å². The van der Waals surface area contributed by atoms with Crippen LogP contribution in [0.5, 0.6) is 0 Å². The topological polar surface area (TPSA) is 64.3 Å². The van der Waals surface area contributed by atoms with Gasteiger partial charge in [0.15, 0.2) is 5.65 Å². The van der Waals surface area contributed by atoms with Gasteiger partial charge < -0.3 is 4.98 Å². The van der Waals surface area contributed by atoms with E-state index >= 15 is 0 Å². The summed E-state index contributed by atoms with van der Waals surface area (Å²) in [6.07, 6.45) is 4.73. The molecule has 1 atom stereocenters. The molecule has 6 heteroatoms. The molecule has 3 heterocycles. The maximum atomic E-state index is 4.81. The summed E-state index contributed by atoms with van der Waals surface area (Å²) in [5.74, 6) is 0.858. The first-order valence-electron chi connectivity index (χ1n) is 8.22. The standard InChI is InChI=1S/C18H20N6/c1-4-12(2)24-18-16(13(3)22-24)20-17(21-18)14-7-5-8-15(11-14)23-10-6-9-19-23/h5-12H,4H2,1-3H3,(H,20,21). The maximum absolute atomic E-state index is 4.81. The van der Waals surface area contributed by atoms with Gasteiger partial charge in [0.1, 0.15) is 11.3 Å². The smallest absolute Gasteiger partial charge is 0.177 e. The van der Waals surface area contributed by atoms with Gasteiger partial charge in [0, 0.05) is 18.0 Å². The van der Waals surface area contributed by atoms with E-state index in [1.165, 1.54) is 0 Å². The number of fused-ring (bicyclic) bond motifs is 1. The number of aromatic amines is 1. The average molecular weight is 320 g/mol. The predicted octanol–water partition coefficient (Wildman–Crippen LogP) is 3.89. The number of rotatable bonds is 4. The highest BCUT2D eigenvalue weighted by Crippen LogP contribution is 2.26. The summed E-state index contributed by atoms with van der Waals surface area (Å²) in [6.45, 7) is 6.34. The Bertz CT molecular complexity index is 976. The number of hydrogen-bond acceptors (Lipinski definition) is 3. The summed E-state index contributed by atoms with van der Waals surface area (Å²) < 4.78 is 3.86. The quantitative estimate of drug-likeness (QED) is 0.620. The highest BCUT2D eigenvalue weighted by molar-refractivity contribution is 5.79. The van der Waals surface area contributed by atoms with Crippen LogP contribution in [0.4, 0.5) is 0 Å². The van der Waals surface area contributed by atoms with Crippen molar-refractivity contribution in [2.24, 2.45) is 0 Å². The van der Waals surface area contributed by atoms with Crippen LogP contribution >= 0.6 is 0 Å². The Morgan fingerprint density at radius 2 is 2.12 bits per heavy atom. The van der Waals surface area contributed by atoms with E-state index in [-0.39, 0.29) is 0 Å². The Hall–Kier alpha value is -2.89. The molecule has 0 saturated heterocycles. The fourth-order valence-corrected chi connectivity index (χ4v) is 2.88. The molecule has 0 spiro atoms. The molecule has 6 nitrogen and oxygen atoms in total. The van der Waals surface area contributed by atoms with Crippen molar-refractivity contribution >= 4 is 11.2 Å². The molecular weight excluding hydrogens is 300 g/mol. The molecule has 1 N–H and O–H groups in total. The van der Waals surface area contributed by atoms with Crippen LogP contribution in [0, 0.1) is 6.92 Å². The molecule has 0 amide bonds. The summed E-state index contributed by atoms with van der Waals surface area (Å²) in [4.78, 5) is 8.24. The molecule has 0 aliphatic heterocycles. The SMILES string of the molecule is CCC(C)n1nc(C)c2[nH]c(-c3cccc(-n4cccn4)c3)nc21. The van der Waals surface area contributed by atoms with Crippen LogP contribution in [0.3, 0.4) is 0 Å². The van der Waals surface area contributed by atoms with Crippen molar-refractivity contribution in [1.82, 2.24) is 29.5 Å². The van der Waals surface area contributed by atoms with E-state index < -0.39 is 0 Å². The van der Waals surface area contributed by atoms with Crippen molar-refractivity contribution in [2.45, 2.75) is 33.2 Å². The van der Waals surface area contributed by atoms with Crippen molar-refractivity contribution < 1.29 is 0 Å². The lowest BCUT2D eigenvalue weighted by Crippen LogP contribution is -2.06. The summed E-state index contributed by atoms with van der Waals surface area (Å²) >= 11 is 0. The minimum Gasteiger partial charge on any atom is -0.335 e. The lowest BCUT2D eigenvalue weighted by Gasteiger charge is -2.08. The number of imidazole rings is 1. The fraction of sp³-hybridized carbons (Fsp3) is 0.278. The molecule has 0 aliphatic rings. The van der Waals surface area contributed by atoms with Crippen LogP contribution in [0.2, 0.25) is 0 Å². The van der Waals surface area contributed by atoms with Gasteiger partial charge in [-0.15, -0.1) is 0 Å².